The Balaban J connectivity index is 0.00000280. The highest BCUT2D eigenvalue weighted by molar-refractivity contribution is 5.95. The van der Waals surface area contributed by atoms with Gasteiger partial charge in [-0.05, 0) is 50.9 Å². The maximum absolute atomic E-state index is 12.9. The Bertz CT molecular complexity index is 892. The van der Waals surface area contributed by atoms with Crippen LogP contribution < -0.4 is 16.6 Å². The van der Waals surface area contributed by atoms with Crippen LogP contribution in [0.3, 0.4) is 0 Å². The highest BCUT2D eigenvalue weighted by atomic mass is 35.5. The number of likely N-dealkylation sites (tertiary alicyclic amines) is 1. The number of nitrogens with zero attached hydrogens (tertiary/aromatic N) is 3. The Labute approximate surface area is 171 Å². The van der Waals surface area contributed by atoms with Gasteiger partial charge in [0.15, 0.2) is 0 Å². The van der Waals surface area contributed by atoms with E-state index >= 15 is 0 Å². The molecule has 3 rings (SSSR count). The minimum atomic E-state index is -0.317. The molecule has 1 aromatic carbocycles. The molecule has 0 spiro atoms. The summed E-state index contributed by atoms with van der Waals surface area (Å²) in [5.41, 5.74) is 7.51. The molecule has 1 fully saturated rings. The van der Waals surface area contributed by atoms with Crippen molar-refractivity contribution in [2.24, 2.45) is 18.2 Å². The minimum Gasteiger partial charge on any atom is -0.330 e. The molecule has 2 atom stereocenters. The third kappa shape index (κ3) is 4.01. The van der Waals surface area contributed by atoms with Gasteiger partial charge in [0.05, 0.1) is 17.4 Å². The van der Waals surface area contributed by atoms with Crippen molar-refractivity contribution in [3.05, 3.63) is 46.4 Å². The van der Waals surface area contributed by atoms with Crippen LogP contribution in [0.5, 0.6) is 0 Å². The summed E-state index contributed by atoms with van der Waals surface area (Å²) in [5.74, 6) is -0.165. The smallest absolute Gasteiger partial charge is 0.295 e. The summed E-state index contributed by atoms with van der Waals surface area (Å²) >= 11 is 0. The Kier molecular flexibility index (Phi) is 6.75. The average Bonchev–Trinajstić information content (AvgIpc) is 3.16. The quantitative estimate of drug-likeness (QED) is 0.792. The summed E-state index contributed by atoms with van der Waals surface area (Å²) < 4.78 is 3.33. The van der Waals surface area contributed by atoms with E-state index in [4.69, 9.17) is 5.73 Å². The van der Waals surface area contributed by atoms with Crippen LogP contribution >= 0.6 is 12.4 Å². The fourth-order valence-electron chi connectivity index (χ4n) is 3.66. The molecule has 2 heterocycles. The second kappa shape index (κ2) is 8.51. The lowest BCUT2D eigenvalue weighted by molar-refractivity contribution is -0.120. The molecule has 0 bridgehead atoms. The Morgan fingerprint density at radius 3 is 2.54 bits per heavy atom. The third-order valence-corrected chi connectivity index (χ3v) is 5.81. The lowest BCUT2D eigenvalue weighted by Gasteiger charge is -2.26. The monoisotopic (exact) mass is 407 g/mol. The summed E-state index contributed by atoms with van der Waals surface area (Å²) in [5, 5.41) is 2.87. The Hall–Kier alpha value is -2.09. The molecule has 1 amide bonds. The Morgan fingerprint density at radius 1 is 1.32 bits per heavy atom. The van der Waals surface area contributed by atoms with E-state index in [2.05, 4.69) is 17.1 Å². The molecule has 2 unspecified atom stereocenters. The number of anilines is 1. The molecular weight excluding hydrogens is 378 g/mol. The first-order valence-corrected chi connectivity index (χ1v) is 9.36. The molecule has 7 nitrogen and oxygen atoms in total. The predicted molar refractivity (Wildman–Crippen MR) is 114 cm³/mol. The first-order valence-electron chi connectivity index (χ1n) is 9.36. The van der Waals surface area contributed by atoms with Crippen LogP contribution in [0.1, 0.15) is 26.0 Å². The number of carbonyl (C=O) groups excluding carboxylic acids is 1. The van der Waals surface area contributed by atoms with Crippen molar-refractivity contribution in [1.29, 1.82) is 0 Å². The molecular formula is C20H30ClN5O2. The van der Waals surface area contributed by atoms with Crippen molar-refractivity contribution in [2.75, 3.05) is 25.0 Å². The van der Waals surface area contributed by atoms with Gasteiger partial charge in [0, 0.05) is 13.6 Å². The number of hydrogen-bond acceptors (Lipinski definition) is 4. The average molecular weight is 408 g/mol. The molecule has 8 heteroatoms. The standard InChI is InChI=1S/C20H29N5O2.ClH/c1-14-17(19(27)25(23(14)4)16-8-6-5-7-9-16)22-18(26)15(2)24-11-10-20(3,12-21)13-24;/h5-9,15H,10-13,21H2,1-4H3,(H,22,26);1H. The van der Waals surface area contributed by atoms with E-state index in [9.17, 15) is 9.59 Å². The van der Waals surface area contributed by atoms with Crippen molar-refractivity contribution in [2.45, 2.75) is 33.2 Å². The number of halogens is 1. The number of benzene rings is 1. The maximum atomic E-state index is 12.9. The van der Waals surface area contributed by atoms with Gasteiger partial charge in [-0.3, -0.25) is 19.2 Å². The summed E-state index contributed by atoms with van der Waals surface area (Å²) in [6.45, 7) is 8.10. The molecule has 1 aliphatic heterocycles. The molecule has 2 aromatic rings. The van der Waals surface area contributed by atoms with Crippen LogP contribution in [0.25, 0.3) is 5.69 Å². The first-order chi connectivity index (χ1) is 12.8. The summed E-state index contributed by atoms with van der Waals surface area (Å²) in [6, 6.07) is 9.08. The van der Waals surface area contributed by atoms with Gasteiger partial charge in [-0.15, -0.1) is 12.4 Å². The highest BCUT2D eigenvalue weighted by Crippen LogP contribution is 2.30. The molecule has 154 valence electrons. The van der Waals surface area contributed by atoms with E-state index in [-0.39, 0.29) is 35.3 Å². The SMILES string of the molecule is Cc1c(NC(=O)C(C)N2CCC(C)(CN)C2)c(=O)n(-c2ccccc2)n1C.Cl. The predicted octanol–water partition coefficient (Wildman–Crippen LogP) is 1.90. The summed E-state index contributed by atoms with van der Waals surface area (Å²) in [6.07, 6.45) is 0.978. The number of amides is 1. The third-order valence-electron chi connectivity index (χ3n) is 5.81. The topological polar surface area (TPSA) is 85.3 Å². The van der Waals surface area contributed by atoms with Crippen molar-refractivity contribution in [3.8, 4) is 5.69 Å². The van der Waals surface area contributed by atoms with Crippen LogP contribution in [0, 0.1) is 12.3 Å². The van der Waals surface area contributed by atoms with Gasteiger partial charge in [-0.2, -0.15) is 0 Å². The number of para-hydroxylation sites is 1. The molecule has 1 aromatic heterocycles. The summed E-state index contributed by atoms with van der Waals surface area (Å²) in [7, 11) is 1.82. The van der Waals surface area contributed by atoms with Gasteiger partial charge in [-0.25, -0.2) is 4.68 Å². The summed E-state index contributed by atoms with van der Waals surface area (Å²) in [4.78, 5) is 27.9. The molecule has 1 aliphatic rings. The van der Waals surface area contributed by atoms with Crippen LogP contribution in [-0.4, -0.2) is 45.8 Å². The number of nitrogens with one attached hydrogen (secondary N) is 1. The second-order valence-electron chi connectivity index (χ2n) is 7.84. The molecule has 0 aliphatic carbocycles. The maximum Gasteiger partial charge on any atom is 0.295 e. The number of aromatic nitrogens is 2. The molecule has 1 saturated heterocycles. The normalized spacial score (nSPS) is 20.6. The first kappa shape index (κ1) is 22.2. The highest BCUT2D eigenvalue weighted by Gasteiger charge is 2.36. The van der Waals surface area contributed by atoms with Crippen LogP contribution in [-0.2, 0) is 11.8 Å². The molecule has 0 saturated carbocycles. The molecule has 28 heavy (non-hydrogen) atoms. The molecule has 0 radical (unpaired) electrons. The minimum absolute atomic E-state index is 0. The van der Waals surface area contributed by atoms with Crippen molar-refractivity contribution in [3.63, 3.8) is 0 Å². The fourth-order valence-corrected chi connectivity index (χ4v) is 3.66. The van der Waals surface area contributed by atoms with Gasteiger partial charge in [-0.1, -0.05) is 25.1 Å². The van der Waals surface area contributed by atoms with E-state index < -0.39 is 0 Å². The van der Waals surface area contributed by atoms with Crippen LogP contribution in [0.4, 0.5) is 5.69 Å². The van der Waals surface area contributed by atoms with Crippen LogP contribution in [0.15, 0.2) is 35.1 Å². The van der Waals surface area contributed by atoms with Gasteiger partial charge in [0.25, 0.3) is 5.56 Å². The number of hydrogen-bond donors (Lipinski definition) is 2. The van der Waals surface area contributed by atoms with Crippen molar-refractivity contribution < 1.29 is 4.79 Å². The van der Waals surface area contributed by atoms with Crippen molar-refractivity contribution >= 4 is 24.0 Å². The van der Waals surface area contributed by atoms with E-state index in [1.807, 2.05) is 51.2 Å². The Morgan fingerprint density at radius 2 is 1.96 bits per heavy atom. The van der Waals surface area contributed by atoms with Crippen molar-refractivity contribution in [1.82, 2.24) is 14.3 Å². The number of carbonyl (C=O) groups is 1. The van der Waals surface area contributed by atoms with Crippen LogP contribution in [0.2, 0.25) is 0 Å². The lowest BCUT2D eigenvalue weighted by Crippen LogP contribution is -2.43. The lowest BCUT2D eigenvalue weighted by atomic mass is 9.90. The van der Waals surface area contributed by atoms with E-state index in [0.29, 0.717) is 12.2 Å². The van der Waals surface area contributed by atoms with E-state index in [1.165, 1.54) is 0 Å². The molecule has 3 N–H and O–H groups in total. The number of rotatable bonds is 5. The zero-order valence-electron chi connectivity index (χ0n) is 16.9. The zero-order valence-corrected chi connectivity index (χ0v) is 17.8. The largest absolute Gasteiger partial charge is 0.330 e. The van der Waals surface area contributed by atoms with Gasteiger partial charge >= 0.3 is 0 Å². The zero-order chi connectivity index (χ0) is 19.8. The van der Waals surface area contributed by atoms with Gasteiger partial charge < -0.3 is 11.1 Å². The fraction of sp³-hybridized carbons (Fsp3) is 0.500. The van der Waals surface area contributed by atoms with E-state index in [1.54, 1.807) is 9.36 Å². The van der Waals surface area contributed by atoms with E-state index in [0.717, 1.165) is 30.9 Å². The van der Waals surface area contributed by atoms with Gasteiger partial charge in [0.1, 0.15) is 5.69 Å². The van der Waals surface area contributed by atoms with Gasteiger partial charge in [0.2, 0.25) is 5.91 Å². The second-order valence-corrected chi connectivity index (χ2v) is 7.84. The number of nitrogens with two attached hydrogens (primary N) is 1.